The van der Waals surface area contributed by atoms with Crippen LogP contribution >= 0.6 is 0 Å². The number of carbonyl (C=O) groups is 1. The molecular weight excluding hydrogens is 268 g/mol. The van der Waals surface area contributed by atoms with Gasteiger partial charge in [0.1, 0.15) is 5.75 Å². The molecule has 0 heterocycles. The lowest BCUT2D eigenvalue weighted by Gasteiger charge is -2.15. The zero-order valence-corrected chi connectivity index (χ0v) is 12.5. The van der Waals surface area contributed by atoms with Gasteiger partial charge in [-0.3, -0.25) is 4.79 Å². The van der Waals surface area contributed by atoms with Gasteiger partial charge >= 0.3 is 5.97 Å². The minimum absolute atomic E-state index is 0.306. The van der Waals surface area contributed by atoms with E-state index in [0.717, 1.165) is 22.1 Å². The molecule has 0 aliphatic carbocycles. The topological polar surface area (TPSA) is 55.8 Å². The van der Waals surface area contributed by atoms with E-state index in [1.54, 1.807) is 14.0 Å². The number of esters is 1. The third kappa shape index (κ3) is 3.52. The van der Waals surface area contributed by atoms with E-state index in [0.29, 0.717) is 6.42 Å². The lowest BCUT2D eigenvalue weighted by molar-refractivity contribution is -0.145. The molecule has 0 saturated heterocycles. The van der Waals surface area contributed by atoms with Gasteiger partial charge in [-0.25, -0.2) is 0 Å². The van der Waals surface area contributed by atoms with E-state index in [2.05, 4.69) is 4.74 Å². The Balaban J connectivity index is 2.20. The van der Waals surface area contributed by atoms with Crippen LogP contribution in [0.5, 0.6) is 5.75 Å². The Morgan fingerprint density at radius 1 is 1.14 bits per heavy atom. The molecule has 2 rings (SSSR count). The average molecular weight is 288 g/mol. The van der Waals surface area contributed by atoms with Crippen molar-refractivity contribution in [3.63, 3.8) is 0 Å². The lowest BCUT2D eigenvalue weighted by Crippen LogP contribution is -2.15. The van der Waals surface area contributed by atoms with Crippen LogP contribution in [0, 0.1) is 5.92 Å². The summed E-state index contributed by atoms with van der Waals surface area (Å²) in [6.45, 7) is 1.75. The van der Waals surface area contributed by atoms with Crippen molar-refractivity contribution in [3.05, 3.63) is 42.0 Å². The van der Waals surface area contributed by atoms with Crippen LogP contribution in [0.1, 0.15) is 25.0 Å². The maximum absolute atomic E-state index is 11.4. The normalized spacial score (nSPS) is 13.7. The highest BCUT2D eigenvalue weighted by atomic mass is 16.5. The molecule has 1 N–H and O–H groups in total. The largest absolute Gasteiger partial charge is 0.497 e. The van der Waals surface area contributed by atoms with Gasteiger partial charge in [-0.05, 0) is 41.0 Å². The number of ether oxygens (including phenoxy) is 2. The second-order valence-corrected chi connectivity index (χ2v) is 5.15. The summed E-state index contributed by atoms with van der Waals surface area (Å²) >= 11 is 0. The number of rotatable bonds is 5. The van der Waals surface area contributed by atoms with Crippen LogP contribution in [0.3, 0.4) is 0 Å². The van der Waals surface area contributed by atoms with Crippen molar-refractivity contribution in [1.82, 2.24) is 0 Å². The van der Waals surface area contributed by atoms with Crippen molar-refractivity contribution in [1.29, 1.82) is 0 Å². The summed E-state index contributed by atoms with van der Waals surface area (Å²) in [5.74, 6) is 0.159. The molecule has 0 radical (unpaired) electrons. The Morgan fingerprint density at radius 2 is 1.81 bits per heavy atom. The van der Waals surface area contributed by atoms with Crippen LogP contribution < -0.4 is 4.74 Å². The molecule has 0 aliphatic rings. The molecule has 0 saturated carbocycles. The highest BCUT2D eigenvalue weighted by Crippen LogP contribution is 2.27. The van der Waals surface area contributed by atoms with E-state index < -0.39 is 6.10 Å². The van der Waals surface area contributed by atoms with Gasteiger partial charge in [0, 0.05) is 0 Å². The summed E-state index contributed by atoms with van der Waals surface area (Å²) in [6, 6.07) is 11.5. The number of hydrogen-bond acceptors (Lipinski definition) is 4. The molecule has 0 fully saturated rings. The first-order chi connectivity index (χ1) is 10.0. The van der Waals surface area contributed by atoms with Crippen LogP contribution in [0.2, 0.25) is 0 Å². The van der Waals surface area contributed by atoms with Crippen LogP contribution in [0.15, 0.2) is 36.4 Å². The third-order valence-corrected chi connectivity index (χ3v) is 3.64. The number of fused-ring (bicyclic) bond motifs is 1. The van der Waals surface area contributed by atoms with Gasteiger partial charge in [-0.1, -0.05) is 25.1 Å². The van der Waals surface area contributed by atoms with E-state index >= 15 is 0 Å². The van der Waals surface area contributed by atoms with Gasteiger partial charge in [-0.2, -0.15) is 0 Å². The second kappa shape index (κ2) is 6.59. The first kappa shape index (κ1) is 15.3. The van der Waals surface area contributed by atoms with Crippen molar-refractivity contribution >= 4 is 16.7 Å². The maximum atomic E-state index is 11.4. The van der Waals surface area contributed by atoms with Gasteiger partial charge in [0.25, 0.3) is 0 Å². The van der Waals surface area contributed by atoms with Crippen LogP contribution in [-0.2, 0) is 9.53 Å². The van der Waals surface area contributed by atoms with Gasteiger partial charge in [0.2, 0.25) is 0 Å². The molecule has 2 unspecified atom stereocenters. The molecular formula is C17H20O4. The summed E-state index contributed by atoms with van der Waals surface area (Å²) in [7, 11) is 2.99. The molecule has 0 bridgehead atoms. The van der Waals surface area contributed by atoms with Gasteiger partial charge in [0.15, 0.2) is 0 Å². The number of aliphatic hydroxyl groups excluding tert-OH is 1. The third-order valence-electron chi connectivity index (χ3n) is 3.64. The number of aliphatic hydroxyl groups is 1. The fourth-order valence-electron chi connectivity index (χ4n) is 2.34. The smallest absolute Gasteiger partial charge is 0.308 e. The van der Waals surface area contributed by atoms with Gasteiger partial charge in [0.05, 0.1) is 26.2 Å². The second-order valence-electron chi connectivity index (χ2n) is 5.15. The quantitative estimate of drug-likeness (QED) is 0.859. The summed E-state index contributed by atoms with van der Waals surface area (Å²) in [5.41, 5.74) is 0.795. The van der Waals surface area contributed by atoms with Crippen molar-refractivity contribution in [2.75, 3.05) is 14.2 Å². The predicted octanol–water partition coefficient (Wildman–Crippen LogP) is 3.08. The Kier molecular flexibility index (Phi) is 4.81. The van der Waals surface area contributed by atoms with E-state index in [-0.39, 0.29) is 11.9 Å². The fourth-order valence-corrected chi connectivity index (χ4v) is 2.34. The highest BCUT2D eigenvalue weighted by molar-refractivity contribution is 5.84. The fraction of sp³-hybridized carbons (Fsp3) is 0.353. The first-order valence-corrected chi connectivity index (χ1v) is 6.88. The molecule has 112 valence electrons. The van der Waals surface area contributed by atoms with Crippen molar-refractivity contribution < 1.29 is 19.4 Å². The Bertz CT molecular complexity index is 636. The van der Waals surface area contributed by atoms with Crippen molar-refractivity contribution in [2.45, 2.75) is 19.4 Å². The van der Waals surface area contributed by atoms with Crippen molar-refractivity contribution in [2.24, 2.45) is 5.92 Å². The van der Waals surface area contributed by atoms with E-state index in [9.17, 15) is 9.90 Å². The Labute approximate surface area is 124 Å². The monoisotopic (exact) mass is 288 g/mol. The highest BCUT2D eigenvalue weighted by Gasteiger charge is 2.19. The maximum Gasteiger partial charge on any atom is 0.308 e. The number of benzene rings is 2. The molecule has 4 heteroatoms. The molecule has 0 amide bonds. The van der Waals surface area contributed by atoms with Crippen molar-refractivity contribution in [3.8, 4) is 5.75 Å². The zero-order chi connectivity index (χ0) is 15.4. The predicted molar refractivity (Wildman–Crippen MR) is 81.3 cm³/mol. The van der Waals surface area contributed by atoms with E-state index in [4.69, 9.17) is 4.74 Å². The molecule has 2 atom stereocenters. The zero-order valence-electron chi connectivity index (χ0n) is 12.5. The summed E-state index contributed by atoms with van der Waals surface area (Å²) < 4.78 is 9.87. The molecule has 0 aliphatic heterocycles. The van der Waals surface area contributed by atoms with E-state index in [1.165, 1.54) is 7.11 Å². The summed E-state index contributed by atoms with van der Waals surface area (Å²) in [6.07, 6.45) is -0.348. The molecule has 0 aromatic heterocycles. The standard InChI is InChI=1S/C17H20O4/c1-11(17(19)21-3)8-16(18)14-5-4-13-10-15(20-2)7-6-12(13)9-14/h4-7,9-11,16,18H,8H2,1-3H3. The Hall–Kier alpha value is -2.07. The number of hydrogen-bond donors (Lipinski definition) is 1. The SMILES string of the molecule is COC(=O)C(C)CC(O)c1ccc2cc(OC)ccc2c1. The Morgan fingerprint density at radius 3 is 2.48 bits per heavy atom. The number of methoxy groups -OCH3 is 2. The number of carbonyl (C=O) groups excluding carboxylic acids is 1. The molecule has 21 heavy (non-hydrogen) atoms. The molecule has 2 aromatic carbocycles. The minimum atomic E-state index is -0.689. The molecule has 4 nitrogen and oxygen atoms in total. The summed E-state index contributed by atoms with van der Waals surface area (Å²) in [5, 5.41) is 12.3. The van der Waals surface area contributed by atoms with Gasteiger partial charge < -0.3 is 14.6 Å². The van der Waals surface area contributed by atoms with Crippen LogP contribution in [-0.4, -0.2) is 25.3 Å². The first-order valence-electron chi connectivity index (χ1n) is 6.88. The molecule has 2 aromatic rings. The summed E-state index contributed by atoms with van der Waals surface area (Å²) in [4.78, 5) is 11.4. The van der Waals surface area contributed by atoms with Gasteiger partial charge in [-0.15, -0.1) is 0 Å². The molecule has 0 spiro atoms. The van der Waals surface area contributed by atoms with Crippen LogP contribution in [0.25, 0.3) is 10.8 Å². The lowest BCUT2D eigenvalue weighted by atomic mass is 9.96. The van der Waals surface area contributed by atoms with Crippen LogP contribution in [0.4, 0.5) is 0 Å². The average Bonchev–Trinajstić information content (AvgIpc) is 2.52. The minimum Gasteiger partial charge on any atom is -0.497 e. The van der Waals surface area contributed by atoms with E-state index in [1.807, 2.05) is 36.4 Å².